The number of carbonyl (C=O) groups excluding carboxylic acids is 5. The fourth-order valence-corrected chi connectivity index (χ4v) is 0.879. The normalized spacial score (nSPS) is 9.68. The minimum absolute atomic E-state index is 0.00503. The molecule has 0 bridgehead atoms. The second-order valence-electron chi connectivity index (χ2n) is 3.24. The third kappa shape index (κ3) is 10.4. The molecule has 0 rings (SSSR count). The number of nitrogens with one attached hydrogen (secondary N) is 2. The van der Waals surface area contributed by atoms with Crippen LogP contribution in [0.4, 0.5) is 0 Å². The molecule has 0 aromatic rings. The Labute approximate surface area is 109 Å². The Bertz CT molecular complexity index is 377. The van der Waals surface area contributed by atoms with Gasteiger partial charge in [0, 0.05) is 25.5 Å². The molecule has 0 aliphatic heterocycles. The Morgan fingerprint density at radius 3 is 2.47 bits per heavy atom. The predicted molar refractivity (Wildman–Crippen MR) is 62.4 cm³/mol. The van der Waals surface area contributed by atoms with Gasteiger partial charge >= 0.3 is 5.97 Å². The van der Waals surface area contributed by atoms with E-state index in [-0.39, 0.29) is 25.8 Å². The molecule has 0 aromatic carbocycles. The summed E-state index contributed by atoms with van der Waals surface area (Å²) in [6, 6.07) is 0. The standard InChI is InChI=1S/C11H14N2O6/c14-7-1-3-9(16)12-6-5-11(18)19-13-10(17)4-2-8-15/h1,3,7-8H,2,4-6H2,(H,12,16)(H,13,17). The fourth-order valence-electron chi connectivity index (χ4n) is 0.879. The van der Waals surface area contributed by atoms with Gasteiger partial charge in [0.25, 0.3) is 5.91 Å². The highest BCUT2D eigenvalue weighted by molar-refractivity contribution is 5.91. The number of hydroxylamine groups is 1. The first kappa shape index (κ1) is 16.5. The first-order chi connectivity index (χ1) is 9.10. The van der Waals surface area contributed by atoms with Crippen LogP contribution in [0.3, 0.4) is 0 Å². The molecule has 0 fully saturated rings. The lowest BCUT2D eigenvalue weighted by Gasteiger charge is -2.05. The monoisotopic (exact) mass is 270 g/mol. The van der Waals surface area contributed by atoms with E-state index in [2.05, 4.69) is 10.2 Å². The lowest BCUT2D eigenvalue weighted by Crippen LogP contribution is -2.30. The van der Waals surface area contributed by atoms with Crippen LogP contribution in [0.2, 0.25) is 0 Å². The Morgan fingerprint density at radius 2 is 1.84 bits per heavy atom. The molecular formula is C11H14N2O6. The Hall–Kier alpha value is -2.51. The summed E-state index contributed by atoms with van der Waals surface area (Å²) in [6.45, 7) is 0.00503. The molecule has 2 N–H and O–H groups in total. The van der Waals surface area contributed by atoms with Crippen LogP contribution in [0.1, 0.15) is 19.3 Å². The molecule has 2 amide bonds. The Kier molecular flexibility index (Phi) is 9.23. The number of aldehydes is 2. The van der Waals surface area contributed by atoms with Crippen molar-refractivity contribution in [1.29, 1.82) is 0 Å². The van der Waals surface area contributed by atoms with Gasteiger partial charge in [-0.15, -0.1) is 0 Å². The van der Waals surface area contributed by atoms with Crippen molar-refractivity contribution < 1.29 is 28.8 Å². The summed E-state index contributed by atoms with van der Waals surface area (Å²) in [6.07, 6.45) is 2.88. The van der Waals surface area contributed by atoms with Gasteiger partial charge in [-0.1, -0.05) is 0 Å². The molecule has 0 aliphatic carbocycles. The summed E-state index contributed by atoms with van der Waals surface area (Å²) < 4.78 is 0. The maximum absolute atomic E-state index is 11.1. The predicted octanol–water partition coefficient (Wildman–Crippen LogP) is -1.20. The molecule has 104 valence electrons. The second kappa shape index (κ2) is 10.6. The summed E-state index contributed by atoms with van der Waals surface area (Å²) in [5.41, 5.74) is 1.87. The van der Waals surface area contributed by atoms with Crippen molar-refractivity contribution in [3.8, 4) is 0 Å². The molecule has 0 unspecified atom stereocenters. The SMILES string of the molecule is O=CC=CC(=O)NCCC(=O)ONC(=O)CCC=O. The molecule has 0 radical (unpaired) electrons. The minimum Gasteiger partial charge on any atom is -0.352 e. The van der Waals surface area contributed by atoms with E-state index in [0.29, 0.717) is 12.6 Å². The average molecular weight is 270 g/mol. The van der Waals surface area contributed by atoms with Crippen LogP contribution in [0.15, 0.2) is 12.2 Å². The number of rotatable bonds is 8. The van der Waals surface area contributed by atoms with Crippen molar-refractivity contribution in [3.05, 3.63) is 12.2 Å². The first-order valence-corrected chi connectivity index (χ1v) is 5.42. The van der Waals surface area contributed by atoms with Crippen molar-refractivity contribution in [2.75, 3.05) is 6.54 Å². The van der Waals surface area contributed by atoms with Crippen LogP contribution in [0.5, 0.6) is 0 Å². The number of amides is 2. The number of allylic oxidation sites excluding steroid dienone is 1. The van der Waals surface area contributed by atoms with E-state index in [4.69, 9.17) is 0 Å². The van der Waals surface area contributed by atoms with Crippen LogP contribution in [-0.4, -0.2) is 36.9 Å². The van der Waals surface area contributed by atoms with E-state index in [1.54, 1.807) is 0 Å². The highest BCUT2D eigenvalue weighted by atomic mass is 16.7. The maximum atomic E-state index is 11.1. The van der Waals surface area contributed by atoms with E-state index < -0.39 is 17.8 Å². The van der Waals surface area contributed by atoms with Crippen LogP contribution in [0, 0.1) is 0 Å². The fraction of sp³-hybridized carbons (Fsp3) is 0.364. The zero-order valence-corrected chi connectivity index (χ0v) is 10.1. The van der Waals surface area contributed by atoms with Gasteiger partial charge in [0.15, 0.2) is 0 Å². The Morgan fingerprint density at radius 1 is 1.11 bits per heavy atom. The van der Waals surface area contributed by atoms with Crippen molar-refractivity contribution in [2.24, 2.45) is 0 Å². The number of hydrogen-bond donors (Lipinski definition) is 2. The summed E-state index contributed by atoms with van der Waals surface area (Å²) in [4.78, 5) is 57.3. The molecule has 19 heavy (non-hydrogen) atoms. The number of hydrogen-bond acceptors (Lipinski definition) is 6. The number of carbonyl (C=O) groups is 5. The van der Waals surface area contributed by atoms with E-state index in [1.165, 1.54) is 0 Å². The van der Waals surface area contributed by atoms with Crippen molar-refractivity contribution in [3.63, 3.8) is 0 Å². The first-order valence-electron chi connectivity index (χ1n) is 5.42. The van der Waals surface area contributed by atoms with Crippen molar-refractivity contribution in [1.82, 2.24) is 10.8 Å². The van der Waals surface area contributed by atoms with Gasteiger partial charge in [0.1, 0.15) is 12.6 Å². The molecule has 0 saturated heterocycles. The van der Waals surface area contributed by atoms with E-state index in [0.717, 1.165) is 12.2 Å². The van der Waals surface area contributed by atoms with Crippen LogP contribution in [0.25, 0.3) is 0 Å². The lowest BCUT2D eigenvalue weighted by molar-refractivity contribution is -0.158. The third-order valence-electron chi connectivity index (χ3n) is 1.72. The quantitative estimate of drug-likeness (QED) is 0.325. The van der Waals surface area contributed by atoms with Crippen molar-refractivity contribution >= 4 is 30.4 Å². The van der Waals surface area contributed by atoms with Gasteiger partial charge in [-0.25, -0.2) is 4.79 Å². The van der Waals surface area contributed by atoms with Crippen molar-refractivity contribution in [2.45, 2.75) is 19.3 Å². The van der Waals surface area contributed by atoms with Crippen LogP contribution < -0.4 is 10.8 Å². The van der Waals surface area contributed by atoms with E-state index >= 15 is 0 Å². The summed E-state index contributed by atoms with van der Waals surface area (Å²) in [5, 5.41) is 2.33. The minimum atomic E-state index is -0.737. The highest BCUT2D eigenvalue weighted by Gasteiger charge is 2.07. The smallest absolute Gasteiger partial charge is 0.334 e. The molecule has 0 saturated carbocycles. The third-order valence-corrected chi connectivity index (χ3v) is 1.72. The van der Waals surface area contributed by atoms with Gasteiger partial charge in [-0.05, 0) is 6.08 Å². The molecule has 8 nitrogen and oxygen atoms in total. The topological polar surface area (TPSA) is 119 Å². The molecule has 8 heteroatoms. The van der Waals surface area contributed by atoms with Gasteiger partial charge in [-0.2, -0.15) is 5.48 Å². The van der Waals surface area contributed by atoms with E-state index in [9.17, 15) is 24.0 Å². The Balaban J connectivity index is 3.67. The zero-order chi connectivity index (χ0) is 14.5. The average Bonchev–Trinajstić information content (AvgIpc) is 2.40. The largest absolute Gasteiger partial charge is 0.352 e. The highest BCUT2D eigenvalue weighted by Crippen LogP contribution is 1.87. The van der Waals surface area contributed by atoms with Gasteiger partial charge in [0.2, 0.25) is 5.91 Å². The molecule has 0 aromatic heterocycles. The summed E-state index contributed by atoms with van der Waals surface area (Å²) in [7, 11) is 0. The molecule has 0 aliphatic rings. The molecule has 0 heterocycles. The molecule has 0 atom stereocenters. The molecular weight excluding hydrogens is 256 g/mol. The van der Waals surface area contributed by atoms with Gasteiger partial charge in [-0.3, -0.25) is 14.4 Å². The van der Waals surface area contributed by atoms with E-state index in [1.807, 2.05) is 5.48 Å². The van der Waals surface area contributed by atoms with Gasteiger partial charge in [0.05, 0.1) is 6.42 Å². The summed E-state index contributed by atoms with van der Waals surface area (Å²) in [5.74, 6) is -1.84. The lowest BCUT2D eigenvalue weighted by atomic mass is 10.3. The second-order valence-corrected chi connectivity index (χ2v) is 3.24. The summed E-state index contributed by atoms with van der Waals surface area (Å²) >= 11 is 0. The van der Waals surface area contributed by atoms with Crippen LogP contribution >= 0.6 is 0 Å². The maximum Gasteiger partial charge on any atom is 0.334 e. The zero-order valence-electron chi connectivity index (χ0n) is 10.1. The van der Waals surface area contributed by atoms with Gasteiger partial charge < -0.3 is 14.9 Å². The molecule has 0 spiro atoms. The van der Waals surface area contributed by atoms with Crippen LogP contribution in [-0.2, 0) is 28.8 Å².